The average molecular weight is 492 g/mol. The number of alkyl halides is 6. The van der Waals surface area contributed by atoms with Crippen molar-refractivity contribution in [2.24, 2.45) is 10.7 Å². The Labute approximate surface area is 187 Å². The van der Waals surface area contributed by atoms with Gasteiger partial charge in [0.05, 0.1) is 6.54 Å². The molecule has 14 heteroatoms. The molecule has 0 fully saturated rings. The number of halogens is 6. The molecule has 3 heterocycles. The molecule has 0 radical (unpaired) electrons. The standard InChI is InChI=1S/C19H18F6N6OS/c20-18(21,22)10-27-8-13(7-26)12-3-5-30(6-4-12)16-28-11-31(17(32)29-16)9-14-1-2-15(33-14)19(23,24)25/h1-3,7-8,11H,4-6,9-10,26H2/b13-7+,27-8?. The van der Waals surface area contributed by atoms with Crippen molar-refractivity contribution in [3.63, 3.8) is 0 Å². The lowest BCUT2D eigenvalue weighted by atomic mass is 10.0. The zero-order chi connectivity index (χ0) is 24.2. The molecule has 0 spiro atoms. The van der Waals surface area contributed by atoms with Crippen LogP contribution in [0.25, 0.3) is 0 Å². The van der Waals surface area contributed by atoms with Crippen LogP contribution < -0.4 is 16.3 Å². The van der Waals surface area contributed by atoms with Gasteiger partial charge in [-0.2, -0.15) is 31.3 Å². The second-order valence-corrected chi connectivity index (χ2v) is 8.13. The smallest absolute Gasteiger partial charge is 0.404 e. The summed E-state index contributed by atoms with van der Waals surface area (Å²) in [6.45, 7) is -0.745. The number of nitrogens with zero attached hydrogens (tertiary/aromatic N) is 5. The van der Waals surface area contributed by atoms with E-state index in [1.807, 2.05) is 0 Å². The molecule has 2 aromatic heterocycles. The molecule has 0 saturated heterocycles. The van der Waals surface area contributed by atoms with E-state index in [1.54, 1.807) is 11.0 Å². The topological polar surface area (TPSA) is 89.4 Å². The minimum Gasteiger partial charge on any atom is -0.404 e. The zero-order valence-electron chi connectivity index (χ0n) is 16.9. The molecule has 0 unspecified atom stereocenters. The van der Waals surface area contributed by atoms with Gasteiger partial charge in [0.15, 0.2) is 0 Å². The molecule has 2 aromatic rings. The van der Waals surface area contributed by atoms with Crippen LogP contribution in [-0.4, -0.2) is 46.6 Å². The monoisotopic (exact) mass is 492 g/mol. The van der Waals surface area contributed by atoms with Crippen LogP contribution >= 0.6 is 11.3 Å². The van der Waals surface area contributed by atoms with Crippen LogP contribution in [-0.2, 0) is 12.7 Å². The number of hydrogen-bond acceptors (Lipinski definition) is 7. The molecule has 178 valence electrons. The molecule has 2 N–H and O–H groups in total. The summed E-state index contributed by atoms with van der Waals surface area (Å²) in [5, 5.41) is 0. The lowest BCUT2D eigenvalue weighted by Gasteiger charge is -2.26. The van der Waals surface area contributed by atoms with E-state index in [1.165, 1.54) is 18.6 Å². The van der Waals surface area contributed by atoms with E-state index in [0.29, 0.717) is 40.3 Å². The van der Waals surface area contributed by atoms with Gasteiger partial charge in [0.25, 0.3) is 0 Å². The number of aromatic nitrogens is 3. The van der Waals surface area contributed by atoms with Gasteiger partial charge < -0.3 is 10.6 Å². The van der Waals surface area contributed by atoms with Gasteiger partial charge in [-0.1, -0.05) is 6.08 Å². The third-order valence-corrected chi connectivity index (χ3v) is 5.68. The van der Waals surface area contributed by atoms with Crippen LogP contribution in [0.4, 0.5) is 32.3 Å². The van der Waals surface area contributed by atoms with Crippen molar-refractivity contribution in [2.75, 3.05) is 24.5 Å². The first-order valence-electron chi connectivity index (χ1n) is 9.48. The molecule has 0 saturated carbocycles. The predicted octanol–water partition coefficient (Wildman–Crippen LogP) is 3.38. The van der Waals surface area contributed by atoms with Crippen LogP contribution in [0.3, 0.4) is 0 Å². The number of rotatable bonds is 6. The highest BCUT2D eigenvalue weighted by atomic mass is 32.1. The summed E-state index contributed by atoms with van der Waals surface area (Å²) in [5.74, 6) is 0.137. The Morgan fingerprint density at radius 3 is 2.55 bits per heavy atom. The maximum atomic E-state index is 12.7. The van der Waals surface area contributed by atoms with Gasteiger partial charge >= 0.3 is 18.0 Å². The van der Waals surface area contributed by atoms with Gasteiger partial charge in [-0.15, -0.1) is 11.3 Å². The van der Waals surface area contributed by atoms with E-state index in [2.05, 4.69) is 15.0 Å². The van der Waals surface area contributed by atoms with Crippen LogP contribution in [0.2, 0.25) is 0 Å². The summed E-state index contributed by atoms with van der Waals surface area (Å²) < 4.78 is 76.1. The number of allylic oxidation sites excluding steroid dienone is 1. The Kier molecular flexibility index (Phi) is 7.25. The van der Waals surface area contributed by atoms with E-state index in [-0.39, 0.29) is 19.0 Å². The zero-order valence-corrected chi connectivity index (χ0v) is 17.7. The average Bonchev–Trinajstić information content (AvgIpc) is 3.21. The van der Waals surface area contributed by atoms with Crippen molar-refractivity contribution >= 4 is 23.5 Å². The van der Waals surface area contributed by atoms with E-state index < -0.39 is 29.5 Å². The molecule has 1 aliphatic heterocycles. The molecule has 0 bridgehead atoms. The van der Waals surface area contributed by atoms with Crippen molar-refractivity contribution < 1.29 is 26.3 Å². The lowest BCUT2D eigenvalue weighted by Crippen LogP contribution is -2.34. The van der Waals surface area contributed by atoms with Gasteiger partial charge in [-0.25, -0.2) is 9.78 Å². The SMILES string of the molecule is N/C=C(\C=NCC(F)(F)F)C1=CCN(c2ncn(Cc3ccc(C(F)(F)F)s3)c(=O)n2)CC1. The maximum absolute atomic E-state index is 12.7. The summed E-state index contributed by atoms with van der Waals surface area (Å²) in [6.07, 6.45) is -3.27. The Balaban J connectivity index is 1.66. The van der Waals surface area contributed by atoms with Gasteiger partial charge in [-0.05, 0) is 24.1 Å². The molecule has 0 amide bonds. The number of hydrogen-bond donors (Lipinski definition) is 1. The van der Waals surface area contributed by atoms with Crippen molar-refractivity contribution in [1.29, 1.82) is 0 Å². The van der Waals surface area contributed by atoms with Crippen LogP contribution in [0.5, 0.6) is 0 Å². The fourth-order valence-electron chi connectivity index (χ4n) is 2.99. The largest absolute Gasteiger partial charge is 0.425 e. The summed E-state index contributed by atoms with van der Waals surface area (Å²) in [4.78, 5) is 25.0. The summed E-state index contributed by atoms with van der Waals surface area (Å²) in [5.41, 5.74) is 5.90. The molecule has 3 rings (SSSR count). The second kappa shape index (κ2) is 9.77. The molecule has 0 atom stereocenters. The molecule has 0 aromatic carbocycles. The fourth-order valence-corrected chi connectivity index (χ4v) is 3.86. The highest BCUT2D eigenvalue weighted by molar-refractivity contribution is 7.12. The van der Waals surface area contributed by atoms with Crippen molar-refractivity contribution in [3.05, 3.63) is 62.1 Å². The second-order valence-electron chi connectivity index (χ2n) is 6.96. The summed E-state index contributed by atoms with van der Waals surface area (Å²) >= 11 is 0.540. The first-order valence-corrected chi connectivity index (χ1v) is 10.3. The molecule has 0 aliphatic carbocycles. The van der Waals surface area contributed by atoms with Crippen molar-refractivity contribution in [1.82, 2.24) is 14.5 Å². The minimum absolute atomic E-state index is 0.0914. The number of aliphatic imine (C=N–C) groups is 1. The van der Waals surface area contributed by atoms with Crippen LogP contribution in [0.1, 0.15) is 16.2 Å². The minimum atomic E-state index is -4.45. The van der Waals surface area contributed by atoms with E-state index in [0.717, 1.165) is 16.8 Å². The molecule has 33 heavy (non-hydrogen) atoms. The number of nitrogens with two attached hydrogens (primary N) is 1. The van der Waals surface area contributed by atoms with Crippen molar-refractivity contribution in [3.8, 4) is 0 Å². The van der Waals surface area contributed by atoms with E-state index in [9.17, 15) is 31.1 Å². The third kappa shape index (κ3) is 6.66. The van der Waals surface area contributed by atoms with Gasteiger partial charge in [0, 0.05) is 36.0 Å². The summed E-state index contributed by atoms with van der Waals surface area (Å²) in [7, 11) is 0. The predicted molar refractivity (Wildman–Crippen MR) is 111 cm³/mol. The van der Waals surface area contributed by atoms with Crippen LogP contribution in [0.15, 0.2) is 51.7 Å². The first-order chi connectivity index (χ1) is 15.5. The summed E-state index contributed by atoms with van der Waals surface area (Å²) in [6, 6.07) is 2.25. The van der Waals surface area contributed by atoms with E-state index in [4.69, 9.17) is 5.73 Å². The molecule has 1 aliphatic rings. The Morgan fingerprint density at radius 2 is 2.00 bits per heavy atom. The highest BCUT2D eigenvalue weighted by Crippen LogP contribution is 2.34. The lowest BCUT2D eigenvalue weighted by molar-refractivity contribution is -0.134. The molecular formula is C19H18F6N6OS. The van der Waals surface area contributed by atoms with Gasteiger partial charge in [0.1, 0.15) is 17.7 Å². The maximum Gasteiger partial charge on any atom is 0.425 e. The fraction of sp³-hybridized carbons (Fsp3) is 0.368. The van der Waals surface area contributed by atoms with Crippen molar-refractivity contribution in [2.45, 2.75) is 25.3 Å². The first kappa shape index (κ1) is 24.5. The molecule has 7 nitrogen and oxygen atoms in total. The van der Waals surface area contributed by atoms with Gasteiger partial charge in [-0.3, -0.25) is 9.56 Å². The Bertz CT molecular complexity index is 1130. The number of anilines is 1. The highest BCUT2D eigenvalue weighted by Gasteiger charge is 2.32. The Morgan fingerprint density at radius 1 is 1.24 bits per heavy atom. The quantitative estimate of drug-likeness (QED) is 0.494. The van der Waals surface area contributed by atoms with Gasteiger partial charge in [0.2, 0.25) is 5.95 Å². The Hall–Kier alpha value is -3.16. The van der Waals surface area contributed by atoms with E-state index >= 15 is 0 Å². The molecular weight excluding hydrogens is 474 g/mol. The third-order valence-electron chi connectivity index (χ3n) is 4.56. The number of thiophene rings is 1. The normalized spacial score (nSPS) is 15.9. The van der Waals surface area contributed by atoms with Crippen LogP contribution in [0, 0.1) is 0 Å².